The number of para-hydroxylation sites is 1. The second-order valence-electron chi connectivity index (χ2n) is 9.25. The number of rotatable bonds is 5. The Labute approximate surface area is 214 Å². The van der Waals surface area contributed by atoms with Gasteiger partial charge in [-0.15, -0.1) is 0 Å². The molecule has 0 amide bonds. The Balaban J connectivity index is 1.37. The highest BCUT2D eigenvalue weighted by Gasteiger charge is 2.19. The zero-order chi connectivity index (χ0) is 25.4. The van der Waals surface area contributed by atoms with E-state index in [9.17, 15) is 4.79 Å². The van der Waals surface area contributed by atoms with Crippen LogP contribution in [0.1, 0.15) is 5.56 Å². The maximum absolute atomic E-state index is 13.4. The van der Waals surface area contributed by atoms with Gasteiger partial charge in [-0.05, 0) is 62.0 Å². The van der Waals surface area contributed by atoms with Crippen LogP contribution in [0.4, 0.5) is 17.3 Å². The summed E-state index contributed by atoms with van der Waals surface area (Å²) in [6, 6.07) is 19.4. The van der Waals surface area contributed by atoms with Crippen LogP contribution in [-0.4, -0.2) is 57.9 Å². The molecule has 186 valence electrons. The Morgan fingerprint density at radius 1 is 0.946 bits per heavy atom. The van der Waals surface area contributed by atoms with Crippen molar-refractivity contribution in [3.8, 4) is 17.1 Å². The maximum Gasteiger partial charge on any atom is 0.282 e. The monoisotopic (exact) mass is 493 g/mol. The molecule has 0 radical (unpaired) electrons. The Kier molecular flexibility index (Phi) is 5.90. The number of benzene rings is 2. The molecule has 4 heterocycles. The average Bonchev–Trinajstić information content (AvgIpc) is 3.45. The fourth-order valence-electron chi connectivity index (χ4n) is 4.58. The Morgan fingerprint density at radius 2 is 1.73 bits per heavy atom. The molecule has 9 nitrogen and oxygen atoms in total. The minimum atomic E-state index is -0.289. The van der Waals surface area contributed by atoms with Crippen LogP contribution >= 0.6 is 0 Å². The molecule has 0 saturated carbocycles. The number of piperazine rings is 1. The van der Waals surface area contributed by atoms with E-state index < -0.39 is 0 Å². The summed E-state index contributed by atoms with van der Waals surface area (Å²) in [6.07, 6.45) is 3.13. The third kappa shape index (κ3) is 4.45. The van der Waals surface area contributed by atoms with Crippen molar-refractivity contribution in [3.05, 3.63) is 89.0 Å². The quantitative estimate of drug-likeness (QED) is 0.389. The number of fused-ring (bicyclic) bond motifs is 1. The van der Waals surface area contributed by atoms with E-state index in [0.717, 1.165) is 37.4 Å². The molecule has 2 aromatic carbocycles. The molecular formula is C28H27N7O2. The van der Waals surface area contributed by atoms with Gasteiger partial charge >= 0.3 is 0 Å². The smallest absolute Gasteiger partial charge is 0.282 e. The third-order valence-electron chi connectivity index (χ3n) is 6.73. The highest BCUT2D eigenvalue weighted by molar-refractivity contribution is 5.89. The van der Waals surface area contributed by atoms with Crippen LogP contribution in [-0.2, 0) is 0 Å². The molecule has 0 unspecified atom stereocenters. The summed E-state index contributed by atoms with van der Waals surface area (Å²) in [4.78, 5) is 27.3. The molecule has 1 saturated heterocycles. The van der Waals surface area contributed by atoms with Crippen LogP contribution in [0.3, 0.4) is 0 Å². The van der Waals surface area contributed by atoms with E-state index in [1.54, 1.807) is 24.6 Å². The van der Waals surface area contributed by atoms with Gasteiger partial charge in [0.25, 0.3) is 5.56 Å². The van der Waals surface area contributed by atoms with E-state index in [4.69, 9.17) is 9.40 Å². The SMILES string of the molecule is Cc1ccccc1-n1nc(-c2ccco2)c2nc(Nc3ccc(N4CCN(C)CC4)cc3)ncc2c1=O. The van der Waals surface area contributed by atoms with Crippen molar-refractivity contribution in [3.63, 3.8) is 0 Å². The van der Waals surface area contributed by atoms with Gasteiger partial charge in [0.15, 0.2) is 11.5 Å². The van der Waals surface area contributed by atoms with Crippen LogP contribution in [0, 0.1) is 6.92 Å². The van der Waals surface area contributed by atoms with E-state index in [0.29, 0.717) is 34.0 Å². The summed E-state index contributed by atoms with van der Waals surface area (Å²) >= 11 is 0. The van der Waals surface area contributed by atoms with Gasteiger partial charge in [0, 0.05) is 43.8 Å². The lowest BCUT2D eigenvalue weighted by atomic mass is 10.2. The highest BCUT2D eigenvalue weighted by atomic mass is 16.3. The normalized spacial score (nSPS) is 14.3. The van der Waals surface area contributed by atoms with Gasteiger partial charge in [0.1, 0.15) is 5.52 Å². The van der Waals surface area contributed by atoms with E-state index in [2.05, 4.69) is 44.4 Å². The largest absolute Gasteiger partial charge is 0.463 e. The lowest BCUT2D eigenvalue weighted by Gasteiger charge is -2.34. The topological polar surface area (TPSA) is 92.3 Å². The van der Waals surface area contributed by atoms with Crippen molar-refractivity contribution in [1.29, 1.82) is 0 Å². The van der Waals surface area contributed by atoms with Crippen LogP contribution in [0.25, 0.3) is 28.0 Å². The lowest BCUT2D eigenvalue weighted by molar-refractivity contribution is 0.313. The van der Waals surface area contributed by atoms with Gasteiger partial charge in [-0.1, -0.05) is 18.2 Å². The van der Waals surface area contributed by atoms with Gasteiger partial charge in [0.05, 0.1) is 17.3 Å². The highest BCUT2D eigenvalue weighted by Crippen LogP contribution is 2.27. The molecule has 1 aliphatic rings. The van der Waals surface area contributed by atoms with Gasteiger partial charge in [-0.2, -0.15) is 9.78 Å². The van der Waals surface area contributed by atoms with Crippen LogP contribution in [0.5, 0.6) is 0 Å². The Hall–Kier alpha value is -4.50. The number of anilines is 3. The number of nitrogens with one attached hydrogen (secondary N) is 1. The molecule has 1 fully saturated rings. The molecule has 5 aromatic rings. The van der Waals surface area contributed by atoms with Crippen molar-refractivity contribution in [2.45, 2.75) is 6.92 Å². The number of likely N-dealkylation sites (N-methyl/N-ethyl adjacent to an activating group) is 1. The molecule has 0 aliphatic carbocycles. The van der Waals surface area contributed by atoms with Crippen LogP contribution in [0.15, 0.2) is 82.3 Å². The molecule has 6 rings (SSSR count). The Morgan fingerprint density at radius 3 is 2.46 bits per heavy atom. The number of aryl methyl sites for hydroxylation is 1. The van der Waals surface area contributed by atoms with Crippen molar-refractivity contribution in [1.82, 2.24) is 24.6 Å². The summed E-state index contributed by atoms with van der Waals surface area (Å²) in [5.41, 5.74) is 4.29. The second kappa shape index (κ2) is 9.51. The van der Waals surface area contributed by atoms with Crippen LogP contribution < -0.4 is 15.8 Å². The molecule has 1 N–H and O–H groups in total. The molecule has 1 aliphatic heterocycles. The lowest BCUT2D eigenvalue weighted by Crippen LogP contribution is -2.44. The molecule has 37 heavy (non-hydrogen) atoms. The summed E-state index contributed by atoms with van der Waals surface area (Å²) in [6.45, 7) is 6.09. The first-order valence-corrected chi connectivity index (χ1v) is 12.3. The summed E-state index contributed by atoms with van der Waals surface area (Å²) in [7, 11) is 2.15. The van der Waals surface area contributed by atoms with E-state index in [-0.39, 0.29) is 5.56 Å². The summed E-state index contributed by atoms with van der Waals surface area (Å²) in [5.74, 6) is 0.899. The number of hydrogen-bond acceptors (Lipinski definition) is 8. The van der Waals surface area contributed by atoms with E-state index >= 15 is 0 Å². The number of hydrogen-bond donors (Lipinski definition) is 1. The first kappa shape index (κ1) is 22.9. The molecule has 0 atom stereocenters. The minimum absolute atomic E-state index is 0.289. The van der Waals surface area contributed by atoms with Crippen molar-refractivity contribution in [2.24, 2.45) is 0 Å². The molecule has 9 heteroatoms. The zero-order valence-corrected chi connectivity index (χ0v) is 20.8. The van der Waals surface area contributed by atoms with Crippen molar-refractivity contribution >= 4 is 28.2 Å². The van der Waals surface area contributed by atoms with E-state index in [1.165, 1.54) is 10.4 Å². The van der Waals surface area contributed by atoms with Gasteiger partial charge < -0.3 is 19.5 Å². The van der Waals surface area contributed by atoms with Gasteiger partial charge in [-0.3, -0.25) is 4.79 Å². The minimum Gasteiger partial charge on any atom is -0.463 e. The summed E-state index contributed by atoms with van der Waals surface area (Å²) < 4.78 is 7.05. The summed E-state index contributed by atoms with van der Waals surface area (Å²) in [5, 5.41) is 8.30. The average molecular weight is 494 g/mol. The molecule has 3 aromatic heterocycles. The molecule has 0 spiro atoms. The molecular weight excluding hydrogens is 466 g/mol. The maximum atomic E-state index is 13.4. The number of aromatic nitrogens is 4. The fraction of sp³-hybridized carbons (Fsp3) is 0.214. The second-order valence-corrected chi connectivity index (χ2v) is 9.25. The number of furan rings is 1. The van der Waals surface area contributed by atoms with Crippen molar-refractivity contribution in [2.75, 3.05) is 43.4 Å². The van der Waals surface area contributed by atoms with E-state index in [1.807, 2.05) is 43.3 Å². The molecule has 0 bridgehead atoms. The first-order valence-electron chi connectivity index (χ1n) is 12.3. The van der Waals surface area contributed by atoms with Crippen LogP contribution in [0.2, 0.25) is 0 Å². The first-order chi connectivity index (χ1) is 18.1. The predicted octanol–water partition coefficient (Wildman–Crippen LogP) is 4.24. The van der Waals surface area contributed by atoms with Gasteiger partial charge in [-0.25, -0.2) is 9.97 Å². The standard InChI is InChI=1S/C28H27N7O2/c1-19-6-3-4-7-23(19)35-27(36)22-18-29-28(31-25(22)26(32-35)24-8-5-17-37-24)30-20-9-11-21(12-10-20)34-15-13-33(2)14-16-34/h3-12,17-18H,13-16H2,1-2H3,(H,29,30,31). The third-order valence-corrected chi connectivity index (χ3v) is 6.73. The van der Waals surface area contributed by atoms with Gasteiger partial charge in [0.2, 0.25) is 5.95 Å². The van der Waals surface area contributed by atoms with Crippen molar-refractivity contribution < 1.29 is 4.42 Å². The fourth-order valence-corrected chi connectivity index (χ4v) is 4.58. The number of nitrogens with zero attached hydrogens (tertiary/aromatic N) is 6. The zero-order valence-electron chi connectivity index (χ0n) is 20.8. The predicted molar refractivity (Wildman–Crippen MR) is 145 cm³/mol. The Bertz CT molecular complexity index is 1600.